The highest BCUT2D eigenvalue weighted by atomic mass is 16.5. The first-order valence-corrected chi connectivity index (χ1v) is 8.47. The second-order valence-corrected chi connectivity index (χ2v) is 6.73. The van der Waals surface area contributed by atoms with Gasteiger partial charge >= 0.3 is 0 Å². The number of ether oxygens (including phenoxy) is 1. The first-order valence-electron chi connectivity index (χ1n) is 8.47. The number of carbonyl (C=O) groups excluding carboxylic acids is 1. The number of imidazole rings is 1. The van der Waals surface area contributed by atoms with E-state index in [1.165, 1.54) is 12.1 Å². The van der Waals surface area contributed by atoms with Crippen LogP contribution in [0.5, 0.6) is 0 Å². The molecule has 5 nitrogen and oxygen atoms in total. The number of amides is 1. The molecule has 1 saturated carbocycles. The van der Waals surface area contributed by atoms with Crippen molar-refractivity contribution in [3.05, 3.63) is 17.7 Å². The fourth-order valence-electron chi connectivity index (χ4n) is 3.40. The van der Waals surface area contributed by atoms with Crippen molar-refractivity contribution in [3.8, 4) is 0 Å². The predicted octanol–water partition coefficient (Wildman–Crippen LogP) is 2.38. The average molecular weight is 305 g/mol. The zero-order valence-corrected chi connectivity index (χ0v) is 13.8. The average Bonchev–Trinajstić information content (AvgIpc) is 3.32. The van der Waals surface area contributed by atoms with Crippen LogP contribution < -0.4 is 0 Å². The highest BCUT2D eigenvalue weighted by molar-refractivity contribution is 5.81. The van der Waals surface area contributed by atoms with Crippen molar-refractivity contribution in [1.29, 1.82) is 0 Å². The van der Waals surface area contributed by atoms with E-state index >= 15 is 0 Å². The summed E-state index contributed by atoms with van der Waals surface area (Å²) < 4.78 is 7.48. The molecule has 1 aromatic rings. The third-order valence-electron chi connectivity index (χ3n) is 5.02. The van der Waals surface area contributed by atoms with Crippen molar-refractivity contribution in [3.63, 3.8) is 0 Å². The van der Waals surface area contributed by atoms with Gasteiger partial charge < -0.3 is 14.2 Å². The van der Waals surface area contributed by atoms with E-state index in [1.54, 1.807) is 7.11 Å². The second-order valence-electron chi connectivity index (χ2n) is 6.73. The molecule has 2 heterocycles. The predicted molar refractivity (Wildman–Crippen MR) is 84.3 cm³/mol. The van der Waals surface area contributed by atoms with Gasteiger partial charge in [0.2, 0.25) is 5.91 Å². The van der Waals surface area contributed by atoms with Crippen LogP contribution in [0.15, 0.2) is 6.20 Å². The number of carbonyl (C=O) groups is 1. The first kappa shape index (κ1) is 15.5. The molecule has 0 unspecified atom stereocenters. The van der Waals surface area contributed by atoms with Crippen molar-refractivity contribution in [2.75, 3.05) is 20.2 Å². The lowest BCUT2D eigenvalue weighted by molar-refractivity contribution is -0.134. The monoisotopic (exact) mass is 305 g/mol. The Labute approximate surface area is 132 Å². The van der Waals surface area contributed by atoms with Crippen LogP contribution in [-0.4, -0.2) is 40.6 Å². The largest absolute Gasteiger partial charge is 0.377 e. The van der Waals surface area contributed by atoms with Gasteiger partial charge in [-0.2, -0.15) is 0 Å². The minimum atomic E-state index is 0.363. The maximum absolute atomic E-state index is 12.1. The molecule has 1 aromatic heterocycles. The van der Waals surface area contributed by atoms with Crippen LogP contribution in [0, 0.1) is 18.8 Å². The summed E-state index contributed by atoms with van der Waals surface area (Å²) in [5, 5.41) is 0. The molecule has 0 spiro atoms. The molecule has 1 aliphatic carbocycles. The van der Waals surface area contributed by atoms with Crippen molar-refractivity contribution in [2.24, 2.45) is 11.8 Å². The third kappa shape index (κ3) is 3.51. The Morgan fingerprint density at radius 2 is 2.05 bits per heavy atom. The summed E-state index contributed by atoms with van der Waals surface area (Å²) in [4.78, 5) is 18.6. The summed E-state index contributed by atoms with van der Waals surface area (Å²) in [5.41, 5.74) is 1.20. The molecule has 0 radical (unpaired) electrons. The molecule has 5 heteroatoms. The van der Waals surface area contributed by atoms with Crippen molar-refractivity contribution < 1.29 is 9.53 Å². The van der Waals surface area contributed by atoms with Crippen LogP contribution in [0.1, 0.15) is 43.6 Å². The lowest BCUT2D eigenvalue weighted by atomic mass is 9.93. The quantitative estimate of drug-likeness (QED) is 0.810. The summed E-state index contributed by atoms with van der Waals surface area (Å²) >= 11 is 0. The maximum Gasteiger partial charge on any atom is 0.225 e. The van der Waals surface area contributed by atoms with E-state index in [0.29, 0.717) is 18.4 Å². The SMILES string of the molecule is COCc1ncc(C)n1CCC1CCN(C(=O)C2CC2)CC1. The number of hydrogen-bond donors (Lipinski definition) is 0. The minimum absolute atomic E-state index is 0.363. The van der Waals surface area contributed by atoms with E-state index in [9.17, 15) is 4.79 Å². The van der Waals surface area contributed by atoms with Gasteiger partial charge in [0.15, 0.2) is 0 Å². The van der Waals surface area contributed by atoms with Crippen LogP contribution in [0.25, 0.3) is 0 Å². The highest BCUT2D eigenvalue weighted by Gasteiger charge is 2.34. The van der Waals surface area contributed by atoms with E-state index in [-0.39, 0.29) is 0 Å². The summed E-state index contributed by atoms with van der Waals surface area (Å²) in [6, 6.07) is 0. The van der Waals surface area contributed by atoms with Crippen molar-refractivity contribution in [2.45, 2.75) is 52.2 Å². The Balaban J connectivity index is 1.47. The Kier molecular flexibility index (Phi) is 4.81. The molecule has 0 N–H and O–H groups in total. The Bertz CT molecular complexity index is 514. The van der Waals surface area contributed by atoms with Crippen LogP contribution in [0.2, 0.25) is 0 Å². The van der Waals surface area contributed by atoms with E-state index in [1.807, 2.05) is 6.20 Å². The van der Waals surface area contributed by atoms with Gasteiger partial charge in [-0.3, -0.25) is 4.79 Å². The van der Waals surface area contributed by atoms with E-state index < -0.39 is 0 Å². The molecule has 0 aromatic carbocycles. The Hall–Kier alpha value is -1.36. The van der Waals surface area contributed by atoms with Gasteiger partial charge in [-0.25, -0.2) is 4.98 Å². The molecule has 1 aliphatic heterocycles. The van der Waals surface area contributed by atoms with Gasteiger partial charge in [-0.1, -0.05) is 0 Å². The number of methoxy groups -OCH3 is 1. The maximum atomic E-state index is 12.1. The number of piperidine rings is 1. The smallest absolute Gasteiger partial charge is 0.225 e. The van der Waals surface area contributed by atoms with Crippen molar-refractivity contribution in [1.82, 2.24) is 14.5 Å². The van der Waals surface area contributed by atoms with Crippen LogP contribution >= 0.6 is 0 Å². The molecule has 0 atom stereocenters. The Morgan fingerprint density at radius 3 is 2.68 bits per heavy atom. The number of rotatable bonds is 6. The van der Waals surface area contributed by atoms with Gasteiger partial charge in [0.05, 0.1) is 0 Å². The minimum Gasteiger partial charge on any atom is -0.377 e. The normalized spacial score (nSPS) is 19.6. The van der Waals surface area contributed by atoms with Gasteiger partial charge in [0.1, 0.15) is 12.4 Å². The van der Waals surface area contributed by atoms with E-state index in [4.69, 9.17) is 4.74 Å². The standard InChI is InChI=1S/C17H27N3O2/c1-13-11-18-16(12-22-2)20(13)10-7-14-5-8-19(9-6-14)17(21)15-3-4-15/h11,14-15H,3-10,12H2,1-2H3. The van der Waals surface area contributed by atoms with Gasteiger partial charge in [-0.15, -0.1) is 0 Å². The second kappa shape index (κ2) is 6.82. The summed E-state index contributed by atoms with van der Waals surface area (Å²) in [5.74, 6) is 2.51. The zero-order valence-electron chi connectivity index (χ0n) is 13.8. The fourth-order valence-corrected chi connectivity index (χ4v) is 3.40. The topological polar surface area (TPSA) is 47.4 Å². The molecule has 2 fully saturated rings. The third-order valence-corrected chi connectivity index (χ3v) is 5.02. The number of aryl methyl sites for hydroxylation is 1. The highest BCUT2D eigenvalue weighted by Crippen LogP contribution is 2.33. The lowest BCUT2D eigenvalue weighted by Gasteiger charge is -2.32. The molecular formula is C17H27N3O2. The molecule has 0 bridgehead atoms. The summed E-state index contributed by atoms with van der Waals surface area (Å²) in [6.07, 6.45) is 7.60. The van der Waals surface area contributed by atoms with Crippen LogP contribution in [0.4, 0.5) is 0 Å². The summed E-state index contributed by atoms with van der Waals surface area (Å²) in [6.45, 7) is 5.58. The van der Waals surface area contributed by atoms with Crippen LogP contribution in [0.3, 0.4) is 0 Å². The van der Waals surface area contributed by atoms with Gasteiger partial charge in [0.25, 0.3) is 0 Å². The van der Waals surface area contributed by atoms with Crippen LogP contribution in [-0.2, 0) is 22.7 Å². The number of aromatic nitrogens is 2. The fraction of sp³-hybridized carbons (Fsp3) is 0.765. The number of likely N-dealkylation sites (tertiary alicyclic amines) is 1. The molecule has 122 valence electrons. The van der Waals surface area contributed by atoms with E-state index in [2.05, 4.69) is 21.4 Å². The lowest BCUT2D eigenvalue weighted by Crippen LogP contribution is -2.39. The molecule has 1 amide bonds. The molecule has 1 saturated heterocycles. The first-order chi connectivity index (χ1) is 10.7. The number of nitrogens with zero attached hydrogens (tertiary/aromatic N) is 3. The van der Waals surface area contributed by atoms with Crippen molar-refractivity contribution >= 4 is 5.91 Å². The zero-order chi connectivity index (χ0) is 15.5. The molecule has 2 aliphatic rings. The van der Waals surface area contributed by atoms with Gasteiger partial charge in [-0.05, 0) is 44.9 Å². The molecule has 22 heavy (non-hydrogen) atoms. The van der Waals surface area contributed by atoms with Gasteiger partial charge in [0, 0.05) is 44.6 Å². The number of hydrogen-bond acceptors (Lipinski definition) is 3. The van der Waals surface area contributed by atoms with E-state index in [0.717, 1.165) is 57.1 Å². The molecule has 3 rings (SSSR count). The Morgan fingerprint density at radius 1 is 1.32 bits per heavy atom. The molecular weight excluding hydrogens is 278 g/mol. The summed E-state index contributed by atoms with van der Waals surface area (Å²) in [7, 11) is 1.71.